The number of alkyl halides is 3. The minimum Gasteiger partial charge on any atom is -0.440 e. The fraction of sp³-hybridized carbons (Fsp3) is 0.188. The highest BCUT2D eigenvalue weighted by molar-refractivity contribution is 9.10. The average molecular weight is 387 g/mol. The van der Waals surface area contributed by atoms with E-state index in [0.29, 0.717) is 10.0 Å². The number of ether oxygens (including phenoxy) is 2. The quantitative estimate of drug-likeness (QED) is 0.665. The van der Waals surface area contributed by atoms with Gasteiger partial charge in [-0.1, -0.05) is 27.6 Å². The zero-order valence-electron chi connectivity index (χ0n) is 11.8. The molecule has 0 saturated heterocycles. The summed E-state index contributed by atoms with van der Waals surface area (Å²) >= 11 is 3.15. The van der Waals surface area contributed by atoms with Crippen LogP contribution in [0, 0.1) is 6.92 Å². The highest BCUT2D eigenvalue weighted by Crippen LogP contribution is 2.48. The Morgan fingerprint density at radius 1 is 1.04 bits per heavy atom. The van der Waals surface area contributed by atoms with Crippen molar-refractivity contribution in [3.8, 4) is 5.75 Å². The number of hydrogen-bond acceptors (Lipinski definition) is 3. The van der Waals surface area contributed by atoms with E-state index in [2.05, 4.69) is 15.9 Å². The van der Waals surface area contributed by atoms with Crippen LogP contribution in [0.2, 0.25) is 0 Å². The van der Waals surface area contributed by atoms with Gasteiger partial charge in [-0.05, 0) is 43.3 Å². The summed E-state index contributed by atoms with van der Waals surface area (Å²) in [6.07, 6.45) is -4.95. The van der Waals surface area contributed by atoms with Gasteiger partial charge in [-0.15, -0.1) is 0 Å². The fourth-order valence-corrected chi connectivity index (χ4v) is 2.58. The Morgan fingerprint density at radius 2 is 1.70 bits per heavy atom. The van der Waals surface area contributed by atoms with Crippen LogP contribution in [0.15, 0.2) is 46.9 Å². The van der Waals surface area contributed by atoms with Gasteiger partial charge in [0.25, 0.3) is 0 Å². The first-order valence-electron chi connectivity index (χ1n) is 6.59. The Labute approximate surface area is 138 Å². The largest absolute Gasteiger partial charge is 0.473 e. The Balaban J connectivity index is 2.18. The normalized spacial score (nSPS) is 20.5. The Bertz CT molecular complexity index is 771. The molecule has 0 amide bonds. The van der Waals surface area contributed by atoms with Gasteiger partial charge in [0.05, 0.1) is 0 Å². The van der Waals surface area contributed by atoms with Crippen LogP contribution in [-0.4, -0.2) is 12.1 Å². The van der Waals surface area contributed by atoms with Crippen molar-refractivity contribution in [2.24, 2.45) is 0 Å². The van der Waals surface area contributed by atoms with Crippen LogP contribution in [0.3, 0.4) is 0 Å². The van der Waals surface area contributed by atoms with E-state index in [9.17, 15) is 18.0 Å². The third kappa shape index (κ3) is 2.59. The molecule has 0 N–H and O–H groups in total. The van der Waals surface area contributed by atoms with Gasteiger partial charge < -0.3 is 9.47 Å². The lowest BCUT2D eigenvalue weighted by Gasteiger charge is -2.38. The van der Waals surface area contributed by atoms with E-state index in [1.165, 1.54) is 36.4 Å². The second-order valence-corrected chi connectivity index (χ2v) is 6.03. The smallest absolute Gasteiger partial charge is 0.440 e. The molecule has 0 spiro atoms. The zero-order chi connectivity index (χ0) is 16.8. The summed E-state index contributed by atoms with van der Waals surface area (Å²) in [4.78, 5) is 12.1. The molecule has 7 heteroatoms. The molecular weight excluding hydrogens is 377 g/mol. The van der Waals surface area contributed by atoms with Crippen molar-refractivity contribution in [2.75, 3.05) is 0 Å². The molecule has 3 rings (SSSR count). The van der Waals surface area contributed by atoms with Gasteiger partial charge in [0.1, 0.15) is 11.3 Å². The molecule has 0 saturated carbocycles. The lowest BCUT2D eigenvalue weighted by atomic mass is 10.0. The van der Waals surface area contributed by atoms with Crippen LogP contribution < -0.4 is 4.74 Å². The highest BCUT2D eigenvalue weighted by atomic mass is 79.9. The van der Waals surface area contributed by atoms with Crippen LogP contribution in [0.5, 0.6) is 5.75 Å². The first-order valence-corrected chi connectivity index (χ1v) is 7.38. The summed E-state index contributed by atoms with van der Waals surface area (Å²) in [5, 5.41) is 0. The van der Waals surface area contributed by atoms with E-state index in [0.717, 1.165) is 0 Å². The number of aryl methyl sites for hydroxylation is 1. The number of halogens is 4. The van der Waals surface area contributed by atoms with Gasteiger partial charge >= 0.3 is 17.9 Å². The maximum Gasteiger partial charge on any atom is 0.473 e. The topological polar surface area (TPSA) is 35.5 Å². The van der Waals surface area contributed by atoms with Crippen molar-refractivity contribution in [1.29, 1.82) is 0 Å². The number of fused-ring (bicyclic) bond motifs is 1. The van der Waals surface area contributed by atoms with Gasteiger partial charge in [-0.2, -0.15) is 13.2 Å². The minimum atomic E-state index is -4.95. The fourth-order valence-electron chi connectivity index (χ4n) is 2.32. The molecule has 1 aliphatic rings. The molecule has 0 bridgehead atoms. The molecule has 3 nitrogen and oxygen atoms in total. The molecule has 0 fully saturated rings. The van der Waals surface area contributed by atoms with Crippen molar-refractivity contribution in [2.45, 2.75) is 18.9 Å². The number of hydrogen-bond donors (Lipinski definition) is 0. The number of cyclic esters (lactones) is 1. The van der Waals surface area contributed by atoms with Gasteiger partial charge in [0.15, 0.2) is 0 Å². The number of carbonyl (C=O) groups is 1. The third-order valence-electron chi connectivity index (χ3n) is 3.44. The first kappa shape index (κ1) is 15.9. The van der Waals surface area contributed by atoms with Crippen LogP contribution in [0.4, 0.5) is 13.2 Å². The minimum absolute atomic E-state index is 0.0259. The zero-order valence-corrected chi connectivity index (χ0v) is 13.4. The Hall–Kier alpha value is -2.02. The molecule has 1 aliphatic heterocycles. The highest BCUT2D eigenvalue weighted by Gasteiger charge is 2.65. The standard InChI is InChI=1S/C16H10BrF3O3/c1-9-2-7-13-12(8-9)14(21)23-15(22-13,16(18,19)20)10-3-5-11(17)6-4-10/h2-8H,1H3/t15-/m0/s1. The van der Waals surface area contributed by atoms with Crippen molar-refractivity contribution in [1.82, 2.24) is 0 Å². The molecule has 2 aromatic rings. The molecule has 1 atom stereocenters. The maximum atomic E-state index is 13.7. The van der Waals surface area contributed by atoms with Gasteiger partial charge in [-0.25, -0.2) is 4.79 Å². The van der Waals surface area contributed by atoms with Gasteiger partial charge in [0, 0.05) is 10.0 Å². The Morgan fingerprint density at radius 3 is 2.30 bits per heavy atom. The molecule has 0 unspecified atom stereocenters. The summed E-state index contributed by atoms with van der Waals surface area (Å²) in [7, 11) is 0. The average Bonchev–Trinajstić information content (AvgIpc) is 2.47. The summed E-state index contributed by atoms with van der Waals surface area (Å²) in [5.41, 5.74) is 0.377. The van der Waals surface area contributed by atoms with Crippen molar-refractivity contribution >= 4 is 21.9 Å². The number of esters is 1. The lowest BCUT2D eigenvalue weighted by Crippen LogP contribution is -2.53. The molecule has 0 aromatic heterocycles. The van der Waals surface area contributed by atoms with E-state index in [1.54, 1.807) is 13.0 Å². The molecule has 1 heterocycles. The second-order valence-electron chi connectivity index (χ2n) is 5.11. The van der Waals surface area contributed by atoms with E-state index in [4.69, 9.17) is 9.47 Å². The summed E-state index contributed by atoms with van der Waals surface area (Å²) in [6.45, 7) is 1.72. The molecule has 0 radical (unpaired) electrons. The summed E-state index contributed by atoms with van der Waals surface area (Å²) in [6, 6.07) is 9.58. The van der Waals surface area contributed by atoms with Crippen molar-refractivity contribution in [3.05, 3.63) is 63.6 Å². The monoisotopic (exact) mass is 386 g/mol. The molecular formula is C16H10BrF3O3. The van der Waals surface area contributed by atoms with Gasteiger partial charge in [-0.3, -0.25) is 0 Å². The SMILES string of the molecule is Cc1ccc2c(c1)C(=O)O[C@@](c1ccc(Br)cc1)(C(F)(F)F)O2. The molecule has 2 aromatic carbocycles. The predicted octanol–water partition coefficient (Wildman–Crippen LogP) is 4.72. The second kappa shape index (κ2) is 5.26. The van der Waals surface area contributed by atoms with E-state index in [-0.39, 0.29) is 16.9 Å². The van der Waals surface area contributed by atoms with Crippen LogP contribution in [0.25, 0.3) is 0 Å². The van der Waals surface area contributed by atoms with Crippen LogP contribution in [0.1, 0.15) is 21.5 Å². The lowest BCUT2D eigenvalue weighted by molar-refractivity contribution is -0.345. The van der Waals surface area contributed by atoms with Crippen LogP contribution >= 0.6 is 15.9 Å². The van der Waals surface area contributed by atoms with Crippen molar-refractivity contribution in [3.63, 3.8) is 0 Å². The summed E-state index contributed by atoms with van der Waals surface area (Å²) in [5.74, 6) is -4.39. The van der Waals surface area contributed by atoms with E-state index in [1.807, 2.05) is 0 Å². The predicted molar refractivity (Wildman–Crippen MR) is 79.1 cm³/mol. The first-order chi connectivity index (χ1) is 10.7. The Kier molecular flexibility index (Phi) is 3.63. The molecule has 120 valence electrons. The van der Waals surface area contributed by atoms with Crippen LogP contribution in [-0.2, 0) is 10.5 Å². The van der Waals surface area contributed by atoms with Crippen molar-refractivity contribution < 1.29 is 27.4 Å². The third-order valence-corrected chi connectivity index (χ3v) is 3.97. The van der Waals surface area contributed by atoms with E-state index >= 15 is 0 Å². The maximum absolute atomic E-state index is 13.7. The molecule has 0 aliphatic carbocycles. The van der Waals surface area contributed by atoms with E-state index < -0.39 is 17.9 Å². The summed E-state index contributed by atoms with van der Waals surface area (Å²) < 4.78 is 51.6. The number of benzene rings is 2. The molecule has 23 heavy (non-hydrogen) atoms. The number of carbonyl (C=O) groups excluding carboxylic acids is 1. The van der Waals surface area contributed by atoms with Gasteiger partial charge in [0.2, 0.25) is 0 Å². The number of rotatable bonds is 1.